The van der Waals surface area contributed by atoms with Gasteiger partial charge in [0, 0.05) is 17.8 Å². The van der Waals surface area contributed by atoms with Crippen LogP contribution in [0.4, 0.5) is 5.69 Å². The van der Waals surface area contributed by atoms with Crippen molar-refractivity contribution in [2.75, 3.05) is 12.4 Å². The lowest BCUT2D eigenvalue weighted by Crippen LogP contribution is -2.00. The molecule has 0 saturated carbocycles. The van der Waals surface area contributed by atoms with Gasteiger partial charge in [-0.2, -0.15) is 0 Å². The number of phenolic OH excluding ortho intramolecular Hbond substituents is 1. The summed E-state index contributed by atoms with van der Waals surface area (Å²) in [4.78, 5) is 0. The Morgan fingerprint density at radius 3 is 2.74 bits per heavy atom. The topological polar surface area (TPSA) is 41.5 Å². The fraction of sp³-hybridized carbons (Fsp3) is 0.200. The zero-order chi connectivity index (χ0) is 13.8. The van der Waals surface area contributed by atoms with Crippen molar-refractivity contribution >= 4 is 21.6 Å². The minimum Gasteiger partial charge on any atom is -0.507 e. The number of hydrogen-bond acceptors (Lipinski definition) is 3. The van der Waals surface area contributed by atoms with Crippen LogP contribution in [0.5, 0.6) is 11.5 Å². The quantitative estimate of drug-likeness (QED) is 0.891. The molecule has 19 heavy (non-hydrogen) atoms. The van der Waals surface area contributed by atoms with Gasteiger partial charge in [0.15, 0.2) is 0 Å². The lowest BCUT2D eigenvalue weighted by atomic mass is 10.1. The molecule has 2 aromatic rings. The zero-order valence-corrected chi connectivity index (χ0v) is 12.5. The third kappa shape index (κ3) is 3.20. The van der Waals surface area contributed by atoms with Gasteiger partial charge in [0.25, 0.3) is 0 Å². The van der Waals surface area contributed by atoms with Crippen LogP contribution < -0.4 is 10.1 Å². The summed E-state index contributed by atoms with van der Waals surface area (Å²) in [6.07, 6.45) is 0. The van der Waals surface area contributed by atoms with E-state index in [4.69, 9.17) is 4.74 Å². The molecule has 0 amide bonds. The van der Waals surface area contributed by atoms with E-state index in [0.29, 0.717) is 12.3 Å². The number of hydrogen-bond donors (Lipinski definition) is 2. The van der Waals surface area contributed by atoms with Gasteiger partial charge in [-0.25, -0.2) is 0 Å². The number of aryl methyl sites for hydroxylation is 1. The maximum atomic E-state index is 9.94. The molecule has 0 fully saturated rings. The number of benzene rings is 2. The second kappa shape index (κ2) is 5.97. The molecule has 2 rings (SSSR count). The van der Waals surface area contributed by atoms with Gasteiger partial charge in [-0.3, -0.25) is 0 Å². The zero-order valence-electron chi connectivity index (χ0n) is 10.9. The number of nitrogens with one attached hydrogen (secondary N) is 1. The van der Waals surface area contributed by atoms with Crippen molar-refractivity contribution in [1.29, 1.82) is 0 Å². The Labute approximate surface area is 121 Å². The molecule has 0 bridgehead atoms. The summed E-state index contributed by atoms with van der Waals surface area (Å²) in [5.74, 6) is 1.14. The second-order valence-electron chi connectivity index (χ2n) is 4.29. The normalized spacial score (nSPS) is 10.3. The molecule has 2 N–H and O–H groups in total. The number of aromatic hydroxyl groups is 1. The molecule has 0 unspecified atom stereocenters. The van der Waals surface area contributed by atoms with Gasteiger partial charge < -0.3 is 15.2 Å². The smallest absolute Gasteiger partial charge is 0.133 e. The monoisotopic (exact) mass is 321 g/mol. The van der Waals surface area contributed by atoms with E-state index < -0.39 is 0 Å². The fourth-order valence-corrected chi connectivity index (χ4v) is 2.38. The van der Waals surface area contributed by atoms with Gasteiger partial charge in [-0.15, -0.1) is 0 Å². The molecule has 0 spiro atoms. The van der Waals surface area contributed by atoms with Gasteiger partial charge in [-0.1, -0.05) is 18.2 Å². The second-order valence-corrected chi connectivity index (χ2v) is 5.14. The summed E-state index contributed by atoms with van der Waals surface area (Å²) in [6.45, 7) is 2.47. The summed E-state index contributed by atoms with van der Waals surface area (Å²) in [6, 6.07) is 11.5. The van der Waals surface area contributed by atoms with E-state index in [1.807, 2.05) is 43.3 Å². The highest BCUT2D eigenvalue weighted by Crippen LogP contribution is 2.28. The largest absolute Gasteiger partial charge is 0.507 e. The van der Waals surface area contributed by atoms with Crippen LogP contribution in [0.1, 0.15) is 11.1 Å². The van der Waals surface area contributed by atoms with Crippen LogP contribution in [0.15, 0.2) is 40.9 Å². The molecule has 0 heterocycles. The first-order valence-electron chi connectivity index (χ1n) is 5.96. The van der Waals surface area contributed by atoms with Crippen LogP contribution in [-0.4, -0.2) is 12.2 Å². The van der Waals surface area contributed by atoms with E-state index in [2.05, 4.69) is 21.2 Å². The van der Waals surface area contributed by atoms with Gasteiger partial charge >= 0.3 is 0 Å². The molecule has 0 atom stereocenters. The fourth-order valence-electron chi connectivity index (χ4n) is 1.84. The van der Waals surface area contributed by atoms with Crippen LogP contribution >= 0.6 is 15.9 Å². The van der Waals surface area contributed by atoms with E-state index in [1.165, 1.54) is 0 Å². The first-order chi connectivity index (χ1) is 9.11. The molecular weight excluding hydrogens is 306 g/mol. The molecule has 0 aromatic heterocycles. The summed E-state index contributed by atoms with van der Waals surface area (Å²) in [5, 5.41) is 13.2. The Morgan fingerprint density at radius 2 is 2.05 bits per heavy atom. The Bertz CT molecular complexity index is 584. The molecular formula is C15H16BrNO2. The molecule has 3 nitrogen and oxygen atoms in total. The van der Waals surface area contributed by atoms with E-state index in [-0.39, 0.29) is 0 Å². The molecule has 4 heteroatoms. The average Bonchev–Trinajstić information content (AvgIpc) is 2.40. The minimum absolute atomic E-state index is 0.350. The Balaban J connectivity index is 2.10. The summed E-state index contributed by atoms with van der Waals surface area (Å²) in [5.41, 5.74) is 2.73. The number of ether oxygens (including phenoxy) is 1. The van der Waals surface area contributed by atoms with Crippen molar-refractivity contribution in [3.63, 3.8) is 0 Å². The molecule has 0 radical (unpaired) electrons. The highest BCUT2D eigenvalue weighted by Gasteiger charge is 2.05. The third-order valence-corrected chi connectivity index (χ3v) is 3.58. The van der Waals surface area contributed by atoms with Gasteiger partial charge in [-0.05, 0) is 46.6 Å². The van der Waals surface area contributed by atoms with Crippen LogP contribution in [0, 0.1) is 6.92 Å². The van der Waals surface area contributed by atoms with E-state index in [9.17, 15) is 5.11 Å². The van der Waals surface area contributed by atoms with E-state index >= 15 is 0 Å². The van der Waals surface area contributed by atoms with Gasteiger partial charge in [0.2, 0.25) is 0 Å². The van der Waals surface area contributed by atoms with E-state index in [0.717, 1.165) is 27.0 Å². The standard InChI is InChI=1S/C15H16BrNO2/c1-10-4-3-5-11(15(10)18)9-17-12-6-7-14(19-2)13(16)8-12/h3-8,17-18H,9H2,1-2H3. The highest BCUT2D eigenvalue weighted by molar-refractivity contribution is 9.10. The van der Waals surface area contributed by atoms with Crippen molar-refractivity contribution in [2.24, 2.45) is 0 Å². The number of para-hydroxylation sites is 1. The Hall–Kier alpha value is -1.68. The van der Waals surface area contributed by atoms with Crippen molar-refractivity contribution in [3.05, 3.63) is 52.0 Å². The lowest BCUT2D eigenvalue weighted by molar-refractivity contribution is 0.412. The summed E-state index contributed by atoms with van der Waals surface area (Å²) >= 11 is 3.45. The molecule has 2 aromatic carbocycles. The number of phenols is 1. The number of halogens is 1. The van der Waals surface area contributed by atoms with Crippen molar-refractivity contribution in [2.45, 2.75) is 13.5 Å². The average molecular weight is 322 g/mol. The maximum absolute atomic E-state index is 9.94. The third-order valence-electron chi connectivity index (χ3n) is 2.96. The van der Waals surface area contributed by atoms with Crippen LogP contribution in [-0.2, 0) is 6.54 Å². The van der Waals surface area contributed by atoms with E-state index in [1.54, 1.807) is 7.11 Å². The highest BCUT2D eigenvalue weighted by atomic mass is 79.9. The molecule has 0 saturated heterocycles. The number of methoxy groups -OCH3 is 1. The van der Waals surface area contributed by atoms with Crippen LogP contribution in [0.25, 0.3) is 0 Å². The van der Waals surface area contributed by atoms with Crippen LogP contribution in [0.2, 0.25) is 0 Å². The number of rotatable bonds is 4. The molecule has 0 aliphatic carbocycles. The van der Waals surface area contributed by atoms with Crippen molar-refractivity contribution in [3.8, 4) is 11.5 Å². The Kier molecular flexibility index (Phi) is 4.32. The predicted octanol–water partition coefficient (Wildman–Crippen LogP) is 4.08. The minimum atomic E-state index is 0.350. The lowest BCUT2D eigenvalue weighted by Gasteiger charge is -2.11. The summed E-state index contributed by atoms with van der Waals surface area (Å²) in [7, 11) is 1.64. The number of anilines is 1. The molecule has 0 aliphatic heterocycles. The first-order valence-corrected chi connectivity index (χ1v) is 6.76. The van der Waals surface area contributed by atoms with Crippen molar-refractivity contribution in [1.82, 2.24) is 0 Å². The molecule has 100 valence electrons. The van der Waals surface area contributed by atoms with Crippen molar-refractivity contribution < 1.29 is 9.84 Å². The van der Waals surface area contributed by atoms with Gasteiger partial charge in [0.1, 0.15) is 11.5 Å². The summed E-state index contributed by atoms with van der Waals surface area (Å²) < 4.78 is 6.08. The first kappa shape index (κ1) is 13.7. The SMILES string of the molecule is COc1ccc(NCc2cccc(C)c2O)cc1Br. The molecule has 0 aliphatic rings. The Morgan fingerprint density at radius 1 is 1.26 bits per heavy atom. The predicted molar refractivity (Wildman–Crippen MR) is 80.9 cm³/mol. The maximum Gasteiger partial charge on any atom is 0.133 e. The van der Waals surface area contributed by atoms with Gasteiger partial charge in [0.05, 0.1) is 11.6 Å². The van der Waals surface area contributed by atoms with Crippen LogP contribution in [0.3, 0.4) is 0 Å².